The molecule has 0 aliphatic rings. The van der Waals surface area contributed by atoms with E-state index in [0.29, 0.717) is 57.9 Å². The number of benzene rings is 2. The van der Waals surface area contributed by atoms with Crippen LogP contribution in [0.25, 0.3) is 10.9 Å². The van der Waals surface area contributed by atoms with E-state index >= 15 is 0 Å². The van der Waals surface area contributed by atoms with Gasteiger partial charge in [0.2, 0.25) is 5.88 Å². The number of fused-ring (bicyclic) bond motifs is 1. The molecule has 2 aromatic carbocycles. The Balaban J connectivity index is 1.79. The highest BCUT2D eigenvalue weighted by atomic mass is 79.9. The largest absolute Gasteiger partial charge is 0.493 e. The van der Waals surface area contributed by atoms with Crippen molar-refractivity contribution in [3.05, 3.63) is 41.7 Å². The third kappa shape index (κ3) is 6.85. The average Bonchev–Trinajstić information content (AvgIpc) is 2.82. The number of amides is 2. The van der Waals surface area contributed by atoms with Crippen LogP contribution in [0.1, 0.15) is 26.2 Å². The van der Waals surface area contributed by atoms with Crippen LogP contribution in [0.5, 0.6) is 23.1 Å². The topological polar surface area (TPSA) is 94.6 Å². The fourth-order valence-electron chi connectivity index (χ4n) is 2.95. The van der Waals surface area contributed by atoms with Gasteiger partial charge in [0.15, 0.2) is 11.5 Å². The Bertz CT molecular complexity index is 1100. The maximum atomic E-state index is 11.9. The second-order valence-electron chi connectivity index (χ2n) is 7.07. The molecule has 0 radical (unpaired) electrons. The number of aromatic nitrogens is 2. The maximum absolute atomic E-state index is 11.9. The van der Waals surface area contributed by atoms with Crippen LogP contribution in [0, 0.1) is 0 Å². The molecule has 0 aliphatic heterocycles. The van der Waals surface area contributed by atoms with Crippen LogP contribution in [0.4, 0.5) is 10.5 Å². The molecule has 1 aromatic heterocycles. The van der Waals surface area contributed by atoms with Gasteiger partial charge >= 0.3 is 6.03 Å². The molecule has 2 N–H and O–H groups in total. The predicted octanol–water partition coefficient (Wildman–Crippen LogP) is 6.17. The van der Waals surface area contributed by atoms with Crippen molar-refractivity contribution in [2.45, 2.75) is 26.2 Å². The number of halogens is 2. The molecule has 3 rings (SSSR count). The van der Waals surface area contributed by atoms with E-state index in [2.05, 4.69) is 36.5 Å². The highest BCUT2D eigenvalue weighted by molar-refractivity contribution is 9.09. The van der Waals surface area contributed by atoms with Crippen LogP contribution in [0.15, 0.2) is 36.7 Å². The maximum Gasteiger partial charge on any atom is 0.319 e. The molecule has 3 aromatic rings. The highest BCUT2D eigenvalue weighted by Crippen LogP contribution is 2.37. The number of nitrogens with one attached hydrogen (secondary N) is 2. The van der Waals surface area contributed by atoms with Crippen LogP contribution in [-0.2, 0) is 0 Å². The molecule has 33 heavy (non-hydrogen) atoms. The zero-order valence-corrected chi connectivity index (χ0v) is 20.8. The second kappa shape index (κ2) is 12.5. The molecule has 8 nitrogen and oxygen atoms in total. The van der Waals surface area contributed by atoms with Gasteiger partial charge in [-0.2, -0.15) is 0 Å². The average molecular weight is 538 g/mol. The number of carbonyl (C=O) groups excluding carboxylic acids is 1. The van der Waals surface area contributed by atoms with Gasteiger partial charge in [0.1, 0.15) is 12.1 Å². The lowest BCUT2D eigenvalue weighted by atomic mass is 10.2. The van der Waals surface area contributed by atoms with Crippen LogP contribution in [0.3, 0.4) is 0 Å². The van der Waals surface area contributed by atoms with Crippen molar-refractivity contribution in [2.24, 2.45) is 0 Å². The van der Waals surface area contributed by atoms with Crippen LogP contribution >= 0.6 is 27.5 Å². The Morgan fingerprint density at radius 2 is 2.00 bits per heavy atom. The van der Waals surface area contributed by atoms with Crippen molar-refractivity contribution in [3.63, 3.8) is 0 Å². The normalized spacial score (nSPS) is 10.7. The molecule has 0 aliphatic carbocycles. The van der Waals surface area contributed by atoms with E-state index in [1.54, 1.807) is 31.4 Å². The van der Waals surface area contributed by atoms with Gasteiger partial charge in [-0.3, -0.25) is 0 Å². The summed E-state index contributed by atoms with van der Waals surface area (Å²) in [7, 11) is 1.58. The minimum Gasteiger partial charge on any atom is -0.493 e. The first-order valence-corrected chi connectivity index (χ1v) is 12.1. The Morgan fingerprint density at radius 3 is 2.73 bits per heavy atom. The van der Waals surface area contributed by atoms with Gasteiger partial charge in [-0.15, -0.1) is 0 Å². The number of urea groups is 1. The van der Waals surface area contributed by atoms with Gasteiger partial charge in [-0.1, -0.05) is 34.5 Å². The van der Waals surface area contributed by atoms with Gasteiger partial charge in [-0.05, 0) is 37.5 Å². The zero-order chi connectivity index (χ0) is 23.6. The molecule has 0 saturated heterocycles. The molecule has 10 heteroatoms. The minimum absolute atomic E-state index is 0.313. The number of hydrogen-bond acceptors (Lipinski definition) is 6. The van der Waals surface area contributed by atoms with Crippen molar-refractivity contribution in [1.29, 1.82) is 0 Å². The molecule has 0 spiro atoms. The fraction of sp³-hybridized carbons (Fsp3) is 0.348. The molecule has 0 atom stereocenters. The molecular weight excluding hydrogens is 512 g/mol. The third-order valence-electron chi connectivity index (χ3n) is 4.61. The number of ether oxygens (including phenoxy) is 3. The summed E-state index contributed by atoms with van der Waals surface area (Å²) in [5.74, 6) is 2.00. The first-order chi connectivity index (χ1) is 16.0. The predicted molar refractivity (Wildman–Crippen MR) is 133 cm³/mol. The lowest BCUT2D eigenvalue weighted by Crippen LogP contribution is -2.29. The summed E-state index contributed by atoms with van der Waals surface area (Å²) in [5, 5.41) is 7.40. The smallest absolute Gasteiger partial charge is 0.319 e. The quantitative estimate of drug-likeness (QED) is 0.224. The highest BCUT2D eigenvalue weighted by Gasteiger charge is 2.14. The summed E-state index contributed by atoms with van der Waals surface area (Å²) in [6.45, 7) is 3.14. The molecule has 0 unspecified atom stereocenters. The third-order valence-corrected chi connectivity index (χ3v) is 5.48. The number of hydrogen-bond donors (Lipinski definition) is 2. The SMILES string of the molecule is CCCNC(=O)Nc1ccc(Oc2ncnc3cc(OCCCCBr)c(OC)cc23)cc1Cl. The number of unbranched alkanes of at least 4 members (excludes halogenated alkanes) is 1. The van der Waals surface area contributed by atoms with Crippen molar-refractivity contribution in [2.75, 3.05) is 30.9 Å². The van der Waals surface area contributed by atoms with Gasteiger partial charge in [-0.25, -0.2) is 14.8 Å². The summed E-state index contributed by atoms with van der Waals surface area (Å²) < 4.78 is 17.4. The Morgan fingerprint density at radius 1 is 1.15 bits per heavy atom. The molecule has 0 fully saturated rings. The number of nitrogens with zero attached hydrogens (tertiary/aromatic N) is 2. The lowest BCUT2D eigenvalue weighted by molar-refractivity contribution is 0.252. The molecule has 0 bridgehead atoms. The van der Waals surface area contributed by atoms with Gasteiger partial charge < -0.3 is 24.8 Å². The Kier molecular flexibility index (Phi) is 9.38. The number of anilines is 1. The summed E-state index contributed by atoms with van der Waals surface area (Å²) in [5.41, 5.74) is 1.14. The van der Waals surface area contributed by atoms with Crippen molar-refractivity contribution >= 4 is 50.2 Å². The monoisotopic (exact) mass is 536 g/mol. The van der Waals surface area contributed by atoms with Gasteiger partial charge in [0, 0.05) is 24.0 Å². The Hall–Kier alpha value is -2.78. The summed E-state index contributed by atoms with van der Waals surface area (Å²) in [6, 6.07) is 8.28. The first-order valence-electron chi connectivity index (χ1n) is 10.6. The van der Waals surface area contributed by atoms with E-state index in [1.807, 2.05) is 13.0 Å². The Labute approximate surface area is 206 Å². The second-order valence-corrected chi connectivity index (χ2v) is 8.27. The standard InChI is InChI=1S/C23H26BrClN4O4/c1-3-9-26-23(30)29-18-7-6-15(11-17(18)25)33-22-16-12-20(31-2)21(32-10-5-4-8-24)13-19(16)27-14-28-22/h6-7,11-14H,3-5,8-10H2,1-2H3,(H2,26,29,30). The first kappa shape index (κ1) is 24.9. The fourth-order valence-corrected chi connectivity index (χ4v) is 3.56. The summed E-state index contributed by atoms with van der Waals surface area (Å²) >= 11 is 9.76. The zero-order valence-electron chi connectivity index (χ0n) is 18.5. The van der Waals surface area contributed by atoms with Crippen molar-refractivity contribution in [1.82, 2.24) is 15.3 Å². The molecule has 176 valence electrons. The summed E-state index contributed by atoms with van der Waals surface area (Å²) in [6.07, 6.45) is 4.22. The van der Waals surface area contributed by atoms with E-state index in [4.69, 9.17) is 25.8 Å². The molecule has 1 heterocycles. The molecule has 0 saturated carbocycles. The van der Waals surface area contributed by atoms with E-state index in [0.717, 1.165) is 24.6 Å². The lowest BCUT2D eigenvalue weighted by Gasteiger charge is -2.14. The number of methoxy groups -OCH3 is 1. The van der Waals surface area contributed by atoms with Crippen LogP contribution in [0.2, 0.25) is 5.02 Å². The van der Waals surface area contributed by atoms with Gasteiger partial charge in [0.05, 0.1) is 35.3 Å². The van der Waals surface area contributed by atoms with Crippen molar-refractivity contribution in [3.8, 4) is 23.1 Å². The van der Waals surface area contributed by atoms with E-state index in [9.17, 15) is 4.79 Å². The van der Waals surface area contributed by atoms with E-state index in [1.165, 1.54) is 6.33 Å². The molecular formula is C23H26BrClN4O4. The summed E-state index contributed by atoms with van der Waals surface area (Å²) in [4.78, 5) is 20.5. The molecule has 2 amide bonds. The number of carbonyl (C=O) groups is 1. The van der Waals surface area contributed by atoms with Crippen LogP contribution in [-0.4, -0.2) is 41.6 Å². The van der Waals surface area contributed by atoms with Crippen LogP contribution < -0.4 is 24.8 Å². The van der Waals surface area contributed by atoms with E-state index in [-0.39, 0.29) is 6.03 Å². The van der Waals surface area contributed by atoms with Crippen molar-refractivity contribution < 1.29 is 19.0 Å². The minimum atomic E-state index is -0.313. The number of alkyl halides is 1. The van der Waals surface area contributed by atoms with E-state index < -0.39 is 0 Å². The van der Waals surface area contributed by atoms with Gasteiger partial charge in [0.25, 0.3) is 0 Å². The number of rotatable bonds is 11.